The van der Waals surface area contributed by atoms with Crippen LogP contribution in [-0.2, 0) is 11.1 Å². The van der Waals surface area contributed by atoms with Gasteiger partial charge in [0.25, 0.3) is 0 Å². The van der Waals surface area contributed by atoms with E-state index in [2.05, 4.69) is 10.3 Å². The van der Waals surface area contributed by atoms with Crippen LogP contribution >= 0.6 is 0 Å². The van der Waals surface area contributed by atoms with Gasteiger partial charge in [0.1, 0.15) is 0 Å². The summed E-state index contributed by atoms with van der Waals surface area (Å²) in [5.74, 6) is 0.130. The van der Waals surface area contributed by atoms with Crippen molar-refractivity contribution in [3.63, 3.8) is 0 Å². The van der Waals surface area contributed by atoms with Crippen LogP contribution in [0.25, 0.3) is 0 Å². The predicted molar refractivity (Wildman–Crippen MR) is 61.6 cm³/mol. The van der Waals surface area contributed by atoms with Crippen molar-refractivity contribution in [2.24, 2.45) is 0 Å². The lowest BCUT2D eigenvalue weighted by Gasteiger charge is -2.18. The highest BCUT2D eigenvalue weighted by atomic mass is 32.2. The van der Waals surface area contributed by atoms with Crippen LogP contribution in [0, 0.1) is 0 Å². The summed E-state index contributed by atoms with van der Waals surface area (Å²) >= 11 is -1.98. The molecule has 1 aliphatic rings. The molecule has 88 valence electrons. The molecule has 0 radical (unpaired) electrons. The van der Waals surface area contributed by atoms with Gasteiger partial charge < -0.3 is 9.87 Å². The zero-order valence-electron chi connectivity index (χ0n) is 8.83. The molecular weight excluding hydrogens is 226 g/mol. The molecule has 1 aromatic heterocycles. The van der Waals surface area contributed by atoms with Gasteiger partial charge in [-0.1, -0.05) is 0 Å². The van der Waals surface area contributed by atoms with E-state index in [1.165, 1.54) is 0 Å². The van der Waals surface area contributed by atoms with E-state index in [0.717, 1.165) is 25.2 Å². The fraction of sp³-hybridized carbons (Fsp3) is 0.500. The van der Waals surface area contributed by atoms with E-state index in [1.54, 1.807) is 12.4 Å². The quantitative estimate of drug-likeness (QED) is 0.772. The van der Waals surface area contributed by atoms with E-state index in [1.807, 2.05) is 17.0 Å². The average Bonchev–Trinajstić information content (AvgIpc) is 2.66. The summed E-state index contributed by atoms with van der Waals surface area (Å²) in [5, 5.41) is 3.34. The summed E-state index contributed by atoms with van der Waals surface area (Å²) in [6.07, 6.45) is 4.47. The molecule has 0 aliphatic carbocycles. The van der Waals surface area contributed by atoms with Crippen LogP contribution in [0.15, 0.2) is 24.5 Å². The molecule has 16 heavy (non-hydrogen) atoms. The molecule has 0 spiro atoms. The van der Waals surface area contributed by atoms with Gasteiger partial charge in [-0.3, -0.25) is 14.1 Å². The number of hydrogen-bond donors (Lipinski definition) is 1. The molecular formula is C10H14N3O2S-. The lowest BCUT2D eigenvalue weighted by molar-refractivity contribution is 0.378. The van der Waals surface area contributed by atoms with Crippen LogP contribution in [-0.4, -0.2) is 43.7 Å². The smallest absolute Gasteiger partial charge is 0.0614 e. The minimum absolute atomic E-state index is 0.130. The molecule has 1 aromatic rings. The molecule has 2 atom stereocenters. The minimum atomic E-state index is -1.98. The van der Waals surface area contributed by atoms with Gasteiger partial charge in [-0.05, 0) is 29.6 Å². The second-order valence-electron chi connectivity index (χ2n) is 3.88. The van der Waals surface area contributed by atoms with E-state index < -0.39 is 11.1 Å². The molecule has 2 heterocycles. The topological polar surface area (TPSA) is 68.3 Å². The highest BCUT2D eigenvalue weighted by Crippen LogP contribution is 2.14. The van der Waals surface area contributed by atoms with E-state index >= 15 is 0 Å². The van der Waals surface area contributed by atoms with Gasteiger partial charge in [0.05, 0.1) is 11.6 Å². The van der Waals surface area contributed by atoms with Crippen molar-refractivity contribution >= 4 is 16.8 Å². The third-order valence-electron chi connectivity index (χ3n) is 2.59. The standard InChI is InChI=1S/C10H15N3O2S/c14-16(15)8-13-5-3-10(7-13)12-9-2-1-4-11-6-9/h1-2,4,6,10,12H,3,5,7-8H2,(H,14,15)/p-1. The number of anilines is 1. The van der Waals surface area contributed by atoms with Crippen LogP contribution in [0.3, 0.4) is 0 Å². The van der Waals surface area contributed by atoms with Gasteiger partial charge in [0.2, 0.25) is 0 Å². The summed E-state index contributed by atoms with van der Waals surface area (Å²) in [5.41, 5.74) is 0.984. The van der Waals surface area contributed by atoms with Crippen molar-refractivity contribution in [3.8, 4) is 0 Å². The van der Waals surface area contributed by atoms with Crippen molar-refractivity contribution in [1.29, 1.82) is 0 Å². The van der Waals surface area contributed by atoms with E-state index in [0.29, 0.717) is 6.04 Å². The summed E-state index contributed by atoms with van der Waals surface area (Å²) in [7, 11) is 0. The first-order valence-electron chi connectivity index (χ1n) is 5.19. The number of rotatable bonds is 4. The molecule has 0 amide bonds. The summed E-state index contributed by atoms with van der Waals surface area (Å²) in [6, 6.07) is 4.15. The first-order chi connectivity index (χ1) is 7.74. The number of pyridine rings is 1. The second kappa shape index (κ2) is 5.38. The zero-order chi connectivity index (χ0) is 11.4. The fourth-order valence-electron chi connectivity index (χ4n) is 1.90. The minimum Gasteiger partial charge on any atom is -0.771 e. The van der Waals surface area contributed by atoms with Crippen LogP contribution in [0.2, 0.25) is 0 Å². The lowest BCUT2D eigenvalue weighted by Crippen LogP contribution is -2.28. The third kappa shape index (κ3) is 3.26. The molecule has 6 heteroatoms. The van der Waals surface area contributed by atoms with Crippen molar-refractivity contribution in [1.82, 2.24) is 9.88 Å². The van der Waals surface area contributed by atoms with Gasteiger partial charge in [-0.15, -0.1) is 0 Å². The molecule has 2 unspecified atom stereocenters. The Morgan fingerprint density at radius 1 is 1.69 bits per heavy atom. The second-order valence-corrected chi connectivity index (χ2v) is 4.75. The predicted octanol–water partition coefficient (Wildman–Crippen LogP) is 0.404. The Labute approximate surface area is 97.2 Å². The molecule has 0 saturated carbocycles. The summed E-state index contributed by atoms with van der Waals surface area (Å²) in [4.78, 5) is 5.95. The van der Waals surface area contributed by atoms with Crippen molar-refractivity contribution < 1.29 is 8.76 Å². The van der Waals surface area contributed by atoms with Gasteiger partial charge in [0.15, 0.2) is 0 Å². The third-order valence-corrected chi connectivity index (χ3v) is 3.17. The van der Waals surface area contributed by atoms with Crippen LogP contribution in [0.5, 0.6) is 0 Å². The Morgan fingerprint density at radius 2 is 2.56 bits per heavy atom. The Kier molecular flexibility index (Phi) is 3.87. The Balaban J connectivity index is 1.83. The van der Waals surface area contributed by atoms with Crippen molar-refractivity contribution in [3.05, 3.63) is 24.5 Å². The Hall–Kier alpha value is -0.980. The monoisotopic (exact) mass is 240 g/mol. The first-order valence-corrected chi connectivity index (χ1v) is 6.43. The van der Waals surface area contributed by atoms with E-state index in [9.17, 15) is 8.76 Å². The van der Waals surface area contributed by atoms with Crippen LogP contribution in [0.1, 0.15) is 6.42 Å². The molecule has 0 bridgehead atoms. The van der Waals surface area contributed by atoms with Gasteiger partial charge in [-0.25, -0.2) is 0 Å². The van der Waals surface area contributed by atoms with E-state index in [4.69, 9.17) is 0 Å². The van der Waals surface area contributed by atoms with E-state index in [-0.39, 0.29) is 5.88 Å². The first kappa shape index (κ1) is 11.5. The Bertz CT molecular complexity index is 360. The normalized spacial score (nSPS) is 23.2. The molecule has 0 aromatic carbocycles. The fourth-order valence-corrected chi connectivity index (χ4v) is 2.43. The van der Waals surface area contributed by atoms with Gasteiger partial charge in [-0.2, -0.15) is 0 Å². The molecule has 1 aliphatic heterocycles. The molecule has 2 rings (SSSR count). The molecule has 1 fully saturated rings. The summed E-state index contributed by atoms with van der Waals surface area (Å²) in [6.45, 7) is 1.59. The summed E-state index contributed by atoms with van der Waals surface area (Å²) < 4.78 is 21.1. The maximum Gasteiger partial charge on any atom is 0.0614 e. The number of nitrogens with zero attached hydrogens (tertiary/aromatic N) is 2. The van der Waals surface area contributed by atoms with Gasteiger partial charge >= 0.3 is 0 Å². The SMILES string of the molecule is O=S([O-])CN1CCC(Nc2cccnc2)C1. The van der Waals surface area contributed by atoms with Crippen molar-refractivity contribution in [2.45, 2.75) is 12.5 Å². The number of nitrogens with one attached hydrogen (secondary N) is 1. The largest absolute Gasteiger partial charge is 0.771 e. The van der Waals surface area contributed by atoms with Crippen molar-refractivity contribution in [2.75, 3.05) is 24.3 Å². The number of aromatic nitrogens is 1. The zero-order valence-corrected chi connectivity index (χ0v) is 9.65. The highest BCUT2D eigenvalue weighted by molar-refractivity contribution is 7.79. The molecule has 1 N–H and O–H groups in total. The Morgan fingerprint density at radius 3 is 3.25 bits per heavy atom. The van der Waals surface area contributed by atoms with Crippen LogP contribution in [0.4, 0.5) is 5.69 Å². The average molecular weight is 240 g/mol. The molecule has 1 saturated heterocycles. The van der Waals surface area contributed by atoms with Gasteiger partial charge in [0, 0.05) is 31.5 Å². The molecule has 5 nitrogen and oxygen atoms in total. The number of hydrogen-bond acceptors (Lipinski definition) is 5. The van der Waals surface area contributed by atoms with Crippen LogP contribution < -0.4 is 5.32 Å². The maximum atomic E-state index is 10.5. The number of likely N-dealkylation sites (tertiary alicyclic amines) is 1. The highest BCUT2D eigenvalue weighted by Gasteiger charge is 2.21. The maximum absolute atomic E-state index is 10.5. The lowest BCUT2D eigenvalue weighted by atomic mass is 10.2.